The molecule has 0 radical (unpaired) electrons. The lowest BCUT2D eigenvalue weighted by molar-refractivity contribution is -0.139. The SMILES string of the molecule is Cc1ccc(S(=O)(=O)N(CC(=O)N(Cc2cccc(C)c2)[C@H](C)C(=O)NC2CCCC2)c2ccc(Cl)cc2C)cc1. The van der Waals surface area contributed by atoms with Gasteiger partial charge < -0.3 is 10.2 Å². The largest absolute Gasteiger partial charge is 0.352 e. The number of anilines is 1. The van der Waals surface area contributed by atoms with E-state index in [0.29, 0.717) is 16.3 Å². The highest BCUT2D eigenvalue weighted by molar-refractivity contribution is 7.92. The monoisotopic (exact) mass is 595 g/mol. The number of sulfonamides is 1. The molecule has 0 heterocycles. The van der Waals surface area contributed by atoms with Crippen LogP contribution in [0.4, 0.5) is 5.69 Å². The van der Waals surface area contributed by atoms with Crippen LogP contribution in [-0.2, 0) is 26.2 Å². The average molecular weight is 596 g/mol. The average Bonchev–Trinajstić information content (AvgIpc) is 3.43. The fraction of sp³-hybridized carbons (Fsp3) is 0.375. The second-order valence-corrected chi connectivity index (χ2v) is 13.2. The Kier molecular flexibility index (Phi) is 9.76. The number of carbonyl (C=O) groups is 2. The summed E-state index contributed by atoms with van der Waals surface area (Å²) in [4.78, 5) is 29.0. The zero-order valence-electron chi connectivity index (χ0n) is 24.1. The summed E-state index contributed by atoms with van der Waals surface area (Å²) in [5, 5.41) is 3.56. The number of nitrogens with one attached hydrogen (secondary N) is 1. The molecule has 1 aliphatic carbocycles. The molecule has 7 nitrogen and oxygen atoms in total. The molecule has 41 heavy (non-hydrogen) atoms. The molecule has 0 saturated heterocycles. The van der Waals surface area contributed by atoms with Crippen molar-refractivity contribution in [1.29, 1.82) is 0 Å². The van der Waals surface area contributed by atoms with Crippen LogP contribution in [0.5, 0.6) is 0 Å². The van der Waals surface area contributed by atoms with E-state index in [-0.39, 0.29) is 23.4 Å². The Morgan fingerprint density at radius 3 is 2.27 bits per heavy atom. The molecule has 0 spiro atoms. The lowest BCUT2D eigenvalue weighted by atomic mass is 10.1. The van der Waals surface area contributed by atoms with Crippen molar-refractivity contribution in [3.63, 3.8) is 0 Å². The molecule has 1 N–H and O–H groups in total. The van der Waals surface area contributed by atoms with Crippen LogP contribution < -0.4 is 9.62 Å². The zero-order valence-corrected chi connectivity index (χ0v) is 25.6. The molecular weight excluding hydrogens is 558 g/mol. The minimum atomic E-state index is -4.14. The molecule has 1 atom stereocenters. The van der Waals surface area contributed by atoms with Gasteiger partial charge in [-0.1, -0.05) is 72.0 Å². The number of halogens is 1. The predicted molar refractivity (Wildman–Crippen MR) is 163 cm³/mol. The molecule has 4 rings (SSSR count). The van der Waals surface area contributed by atoms with E-state index in [9.17, 15) is 18.0 Å². The molecule has 3 aromatic rings. The highest BCUT2D eigenvalue weighted by atomic mass is 35.5. The second kappa shape index (κ2) is 13.1. The van der Waals surface area contributed by atoms with Crippen LogP contribution in [0.2, 0.25) is 5.02 Å². The van der Waals surface area contributed by atoms with Gasteiger partial charge in [0.2, 0.25) is 11.8 Å². The molecule has 9 heteroatoms. The predicted octanol–water partition coefficient (Wildman–Crippen LogP) is 5.94. The molecule has 0 bridgehead atoms. The maximum atomic E-state index is 14.1. The number of amides is 2. The first kappa shape index (κ1) is 30.6. The number of rotatable bonds is 10. The highest BCUT2D eigenvalue weighted by Gasteiger charge is 2.34. The number of hydrogen-bond acceptors (Lipinski definition) is 4. The van der Waals surface area contributed by atoms with Gasteiger partial charge in [0.05, 0.1) is 10.6 Å². The van der Waals surface area contributed by atoms with Crippen molar-refractivity contribution in [3.05, 3.63) is 94.0 Å². The highest BCUT2D eigenvalue weighted by Crippen LogP contribution is 2.30. The fourth-order valence-electron chi connectivity index (χ4n) is 5.23. The molecule has 1 saturated carbocycles. The standard InChI is InChI=1S/C32H38ClN3O4S/c1-22-12-15-29(16-13-22)41(39,40)36(30-17-14-27(33)19-24(30)3)21-31(37)35(20-26-9-7-8-23(2)18-26)25(4)32(38)34-28-10-5-6-11-28/h7-9,12-19,25,28H,5-6,10-11,20-21H2,1-4H3,(H,34,38)/t25-/m1/s1. The maximum absolute atomic E-state index is 14.1. The lowest BCUT2D eigenvalue weighted by Gasteiger charge is -2.33. The van der Waals surface area contributed by atoms with E-state index in [1.807, 2.05) is 38.1 Å². The van der Waals surface area contributed by atoms with Crippen LogP contribution in [0.15, 0.2) is 71.6 Å². The molecule has 1 aliphatic rings. The van der Waals surface area contributed by atoms with Crippen LogP contribution >= 0.6 is 11.6 Å². The molecule has 0 aromatic heterocycles. The summed E-state index contributed by atoms with van der Waals surface area (Å²) in [7, 11) is -4.14. The minimum absolute atomic E-state index is 0.0718. The number of hydrogen-bond donors (Lipinski definition) is 1. The van der Waals surface area contributed by atoms with Crippen molar-refractivity contribution in [2.24, 2.45) is 0 Å². The van der Waals surface area contributed by atoms with E-state index in [2.05, 4.69) is 5.32 Å². The second-order valence-electron chi connectivity index (χ2n) is 10.9. The van der Waals surface area contributed by atoms with Gasteiger partial charge in [-0.3, -0.25) is 13.9 Å². The summed E-state index contributed by atoms with van der Waals surface area (Å²) in [6, 6.07) is 18.4. The van der Waals surface area contributed by atoms with E-state index in [1.54, 1.807) is 44.2 Å². The van der Waals surface area contributed by atoms with Crippen LogP contribution in [0.3, 0.4) is 0 Å². The summed E-state index contributed by atoms with van der Waals surface area (Å²) >= 11 is 6.19. The first-order chi connectivity index (χ1) is 19.5. The van der Waals surface area contributed by atoms with Gasteiger partial charge in [0, 0.05) is 17.6 Å². The molecule has 0 unspecified atom stereocenters. The number of aryl methyl sites for hydroxylation is 3. The Hall–Kier alpha value is -3.36. The molecule has 218 valence electrons. The zero-order chi connectivity index (χ0) is 29.7. The van der Waals surface area contributed by atoms with E-state index in [0.717, 1.165) is 46.7 Å². The summed E-state index contributed by atoms with van der Waals surface area (Å²) < 4.78 is 29.2. The van der Waals surface area contributed by atoms with Crippen molar-refractivity contribution in [2.45, 2.75) is 76.9 Å². The van der Waals surface area contributed by atoms with Gasteiger partial charge in [0.25, 0.3) is 10.0 Å². The minimum Gasteiger partial charge on any atom is -0.352 e. The molecular formula is C32H38ClN3O4S. The summed E-state index contributed by atoms with van der Waals surface area (Å²) in [5.41, 5.74) is 3.76. The van der Waals surface area contributed by atoms with Crippen molar-refractivity contribution < 1.29 is 18.0 Å². The Balaban J connectivity index is 1.71. The topological polar surface area (TPSA) is 86.8 Å². The van der Waals surface area contributed by atoms with Gasteiger partial charge >= 0.3 is 0 Å². The van der Waals surface area contributed by atoms with Crippen LogP contribution in [0.25, 0.3) is 0 Å². The third-order valence-corrected chi connectivity index (χ3v) is 9.63. The van der Waals surface area contributed by atoms with Gasteiger partial charge in [-0.05, 0) is 82.0 Å². The molecule has 3 aromatic carbocycles. The van der Waals surface area contributed by atoms with E-state index >= 15 is 0 Å². The Morgan fingerprint density at radius 1 is 0.951 bits per heavy atom. The van der Waals surface area contributed by atoms with Gasteiger partial charge in [-0.2, -0.15) is 0 Å². The molecule has 0 aliphatic heterocycles. The van der Waals surface area contributed by atoms with Crippen LogP contribution in [0.1, 0.15) is 54.9 Å². The lowest BCUT2D eigenvalue weighted by Crippen LogP contribution is -2.52. The smallest absolute Gasteiger partial charge is 0.264 e. The van der Waals surface area contributed by atoms with E-state index in [4.69, 9.17) is 11.6 Å². The summed E-state index contributed by atoms with van der Waals surface area (Å²) in [6.45, 7) is 6.98. The van der Waals surface area contributed by atoms with Gasteiger partial charge in [0.1, 0.15) is 12.6 Å². The Labute approximate surface area is 248 Å². The van der Waals surface area contributed by atoms with Crippen molar-refractivity contribution >= 4 is 39.1 Å². The van der Waals surface area contributed by atoms with Gasteiger partial charge in [-0.15, -0.1) is 0 Å². The van der Waals surface area contributed by atoms with Gasteiger partial charge in [-0.25, -0.2) is 8.42 Å². The van der Waals surface area contributed by atoms with E-state index < -0.39 is 28.5 Å². The molecule has 1 fully saturated rings. The first-order valence-corrected chi connectivity index (χ1v) is 15.8. The van der Waals surface area contributed by atoms with Crippen molar-refractivity contribution in [2.75, 3.05) is 10.8 Å². The van der Waals surface area contributed by atoms with Crippen LogP contribution in [-0.4, -0.2) is 43.8 Å². The number of nitrogens with zero attached hydrogens (tertiary/aromatic N) is 2. The number of carbonyl (C=O) groups excluding carboxylic acids is 2. The van der Waals surface area contributed by atoms with Crippen LogP contribution in [0, 0.1) is 20.8 Å². The Morgan fingerprint density at radius 2 is 1.63 bits per heavy atom. The van der Waals surface area contributed by atoms with Gasteiger partial charge in [0.15, 0.2) is 0 Å². The summed E-state index contributed by atoms with van der Waals surface area (Å²) in [5.74, 6) is -0.723. The fourth-order valence-corrected chi connectivity index (χ4v) is 6.94. The normalized spacial score (nSPS) is 14.5. The van der Waals surface area contributed by atoms with Crippen molar-refractivity contribution in [3.8, 4) is 0 Å². The first-order valence-electron chi connectivity index (χ1n) is 14.0. The third-order valence-electron chi connectivity index (χ3n) is 7.62. The number of benzene rings is 3. The third kappa shape index (κ3) is 7.49. The quantitative estimate of drug-likeness (QED) is 0.314. The van der Waals surface area contributed by atoms with E-state index in [1.165, 1.54) is 17.0 Å². The maximum Gasteiger partial charge on any atom is 0.264 e. The van der Waals surface area contributed by atoms with Crippen molar-refractivity contribution in [1.82, 2.24) is 10.2 Å². The summed E-state index contributed by atoms with van der Waals surface area (Å²) in [6.07, 6.45) is 3.97. The Bertz CT molecular complexity index is 1500. The molecule has 2 amide bonds.